The number of hydrogen-bond donors (Lipinski definition) is 1. The molecule has 4 aromatic carbocycles. The van der Waals surface area contributed by atoms with Crippen molar-refractivity contribution in [1.82, 2.24) is 0 Å². The number of nitrogens with zero attached hydrogens (tertiary/aromatic N) is 1. The van der Waals surface area contributed by atoms with Crippen LogP contribution in [0.3, 0.4) is 0 Å². The molecule has 1 N–H and O–H groups in total. The predicted octanol–water partition coefficient (Wildman–Crippen LogP) is 6.78. The van der Waals surface area contributed by atoms with Gasteiger partial charge in [-0.05, 0) is 62.2 Å². The highest BCUT2D eigenvalue weighted by molar-refractivity contribution is 6.00. The van der Waals surface area contributed by atoms with Gasteiger partial charge >= 0.3 is 11.9 Å². The molecule has 4 aromatic rings. The summed E-state index contributed by atoms with van der Waals surface area (Å²) in [4.78, 5) is 28.1. The number of carbonyl (C=O) groups is 2. The van der Waals surface area contributed by atoms with E-state index in [-0.39, 0.29) is 0 Å². The van der Waals surface area contributed by atoms with Crippen molar-refractivity contribution in [1.29, 1.82) is 0 Å². The van der Waals surface area contributed by atoms with Gasteiger partial charge in [0.1, 0.15) is 0 Å². The minimum absolute atomic E-state index is 0.391. The van der Waals surface area contributed by atoms with Gasteiger partial charge in [0.05, 0.1) is 18.2 Å². The molecule has 0 fully saturated rings. The number of fused-ring (bicyclic) bond motifs is 1. The van der Waals surface area contributed by atoms with Crippen LogP contribution in [0, 0.1) is 6.92 Å². The predicted molar refractivity (Wildman–Crippen MR) is 154 cm³/mol. The first kappa shape index (κ1) is 26.0. The molecule has 0 saturated carbocycles. The minimum Gasteiger partial charge on any atom is -0.465 e. The number of benzene rings is 4. The maximum Gasteiger partial charge on any atom is 0.341 e. The standard InChI is InChI=1S/C33H32N2O4/c1-5-35(6-2)23-19-20-28(22(3)21-23)33(29-17-11-9-16-27(29)32(37)39-33)34-30-18-12-10-14-25(30)24-13-7-8-15-26(24)31(36)38-4/h7-21,34H,5-6H2,1-4H3. The van der Waals surface area contributed by atoms with Crippen molar-refractivity contribution in [2.45, 2.75) is 26.5 Å². The molecule has 6 heteroatoms. The van der Waals surface area contributed by atoms with Crippen LogP contribution in [0.2, 0.25) is 0 Å². The third-order valence-electron chi connectivity index (χ3n) is 7.35. The highest BCUT2D eigenvalue weighted by atomic mass is 16.6. The monoisotopic (exact) mass is 520 g/mol. The summed E-state index contributed by atoms with van der Waals surface area (Å²) < 4.78 is 11.3. The maximum atomic E-state index is 13.2. The van der Waals surface area contributed by atoms with Gasteiger partial charge < -0.3 is 19.7 Å². The highest BCUT2D eigenvalue weighted by Crippen LogP contribution is 2.46. The number of carbonyl (C=O) groups excluding carboxylic acids is 2. The zero-order valence-electron chi connectivity index (χ0n) is 22.7. The number of rotatable bonds is 8. The Morgan fingerprint density at radius 3 is 2.18 bits per heavy atom. The average Bonchev–Trinajstić information content (AvgIpc) is 3.25. The van der Waals surface area contributed by atoms with Crippen LogP contribution in [-0.2, 0) is 15.2 Å². The van der Waals surface area contributed by atoms with Crippen LogP contribution in [0.5, 0.6) is 0 Å². The van der Waals surface area contributed by atoms with E-state index in [1.807, 2.05) is 73.7 Å². The zero-order valence-corrected chi connectivity index (χ0v) is 22.7. The van der Waals surface area contributed by atoms with Gasteiger partial charge in [-0.15, -0.1) is 0 Å². The minimum atomic E-state index is -1.27. The lowest BCUT2D eigenvalue weighted by Crippen LogP contribution is -2.38. The third kappa shape index (κ3) is 4.52. The van der Waals surface area contributed by atoms with E-state index in [9.17, 15) is 9.59 Å². The fourth-order valence-electron chi connectivity index (χ4n) is 5.43. The topological polar surface area (TPSA) is 67.9 Å². The molecule has 5 rings (SSSR count). The molecule has 0 radical (unpaired) electrons. The molecular formula is C33H32N2O4. The Bertz CT molecular complexity index is 1540. The number of hydrogen-bond acceptors (Lipinski definition) is 6. The van der Waals surface area contributed by atoms with Crippen molar-refractivity contribution in [3.05, 3.63) is 119 Å². The first-order valence-corrected chi connectivity index (χ1v) is 13.2. The zero-order chi connectivity index (χ0) is 27.6. The molecule has 1 aliphatic rings. The molecule has 1 unspecified atom stereocenters. The Kier molecular flexibility index (Phi) is 7.11. The van der Waals surface area contributed by atoms with Crippen LogP contribution in [0.25, 0.3) is 11.1 Å². The molecule has 198 valence electrons. The van der Waals surface area contributed by atoms with Crippen LogP contribution in [0.15, 0.2) is 91.0 Å². The smallest absolute Gasteiger partial charge is 0.341 e. The fraction of sp³-hybridized carbons (Fsp3) is 0.212. The SMILES string of the molecule is CCN(CC)c1ccc(C2(Nc3ccccc3-c3ccccc3C(=O)OC)OC(=O)c3ccccc32)c(C)c1. The molecule has 1 heterocycles. The maximum absolute atomic E-state index is 13.2. The quantitative estimate of drug-likeness (QED) is 0.258. The summed E-state index contributed by atoms with van der Waals surface area (Å²) in [7, 11) is 1.37. The Morgan fingerprint density at radius 2 is 1.49 bits per heavy atom. The Labute approximate surface area is 229 Å². The van der Waals surface area contributed by atoms with E-state index in [0.717, 1.165) is 41.0 Å². The van der Waals surface area contributed by atoms with Crippen LogP contribution >= 0.6 is 0 Å². The summed E-state index contributed by atoms with van der Waals surface area (Å²) in [6, 6.07) is 28.7. The van der Waals surface area contributed by atoms with E-state index in [4.69, 9.17) is 9.47 Å². The Balaban J connectivity index is 1.70. The first-order chi connectivity index (χ1) is 18.9. The van der Waals surface area contributed by atoms with E-state index in [2.05, 4.69) is 36.2 Å². The summed E-state index contributed by atoms with van der Waals surface area (Å²) in [5, 5.41) is 3.62. The van der Waals surface area contributed by atoms with Crippen molar-refractivity contribution < 1.29 is 19.1 Å². The summed E-state index contributed by atoms with van der Waals surface area (Å²) in [5.74, 6) is -0.812. The largest absolute Gasteiger partial charge is 0.465 e. The second-order valence-electron chi connectivity index (χ2n) is 9.50. The Morgan fingerprint density at radius 1 is 0.846 bits per heavy atom. The lowest BCUT2D eigenvalue weighted by molar-refractivity contribution is 0.0211. The Hall–Kier alpha value is -4.58. The molecule has 0 amide bonds. The second-order valence-corrected chi connectivity index (χ2v) is 9.50. The highest BCUT2D eigenvalue weighted by Gasteiger charge is 2.48. The van der Waals surface area contributed by atoms with Gasteiger partial charge in [0.15, 0.2) is 0 Å². The van der Waals surface area contributed by atoms with Crippen LogP contribution in [0.4, 0.5) is 11.4 Å². The second kappa shape index (κ2) is 10.7. The van der Waals surface area contributed by atoms with E-state index < -0.39 is 17.7 Å². The molecule has 6 nitrogen and oxygen atoms in total. The van der Waals surface area contributed by atoms with Crippen molar-refractivity contribution in [3.8, 4) is 11.1 Å². The van der Waals surface area contributed by atoms with Gasteiger partial charge in [0, 0.05) is 41.2 Å². The number of cyclic esters (lactones) is 1. The molecule has 39 heavy (non-hydrogen) atoms. The molecule has 0 spiro atoms. The van der Waals surface area contributed by atoms with E-state index >= 15 is 0 Å². The molecule has 1 atom stereocenters. The van der Waals surface area contributed by atoms with Crippen molar-refractivity contribution in [2.24, 2.45) is 0 Å². The van der Waals surface area contributed by atoms with Crippen molar-refractivity contribution >= 4 is 23.3 Å². The summed E-state index contributed by atoms with van der Waals surface area (Å²) in [6.07, 6.45) is 0. The van der Waals surface area contributed by atoms with Gasteiger partial charge in [0.25, 0.3) is 0 Å². The molecule has 0 aliphatic carbocycles. The number of methoxy groups -OCH3 is 1. The van der Waals surface area contributed by atoms with Crippen LogP contribution < -0.4 is 10.2 Å². The van der Waals surface area contributed by atoms with E-state index in [0.29, 0.717) is 22.4 Å². The molecule has 0 bridgehead atoms. The van der Waals surface area contributed by atoms with Crippen molar-refractivity contribution in [3.63, 3.8) is 0 Å². The number of anilines is 2. The first-order valence-electron chi connectivity index (χ1n) is 13.2. The van der Waals surface area contributed by atoms with Crippen LogP contribution in [0.1, 0.15) is 51.3 Å². The average molecular weight is 521 g/mol. The number of ether oxygens (including phenoxy) is 2. The molecule has 0 saturated heterocycles. The number of nitrogens with one attached hydrogen (secondary N) is 1. The van der Waals surface area contributed by atoms with Gasteiger partial charge in [-0.3, -0.25) is 0 Å². The van der Waals surface area contributed by atoms with Gasteiger partial charge in [-0.2, -0.15) is 0 Å². The van der Waals surface area contributed by atoms with E-state index in [1.54, 1.807) is 12.1 Å². The fourth-order valence-corrected chi connectivity index (χ4v) is 5.43. The summed E-state index contributed by atoms with van der Waals surface area (Å²) in [5.41, 5.74) is 5.60. The molecule has 1 aliphatic heterocycles. The summed E-state index contributed by atoms with van der Waals surface area (Å²) >= 11 is 0. The van der Waals surface area contributed by atoms with Gasteiger partial charge in [-0.25, -0.2) is 9.59 Å². The van der Waals surface area contributed by atoms with Gasteiger partial charge in [0.2, 0.25) is 5.72 Å². The summed E-state index contributed by atoms with van der Waals surface area (Å²) in [6.45, 7) is 8.09. The van der Waals surface area contributed by atoms with Gasteiger partial charge in [-0.1, -0.05) is 60.7 Å². The number of aryl methyl sites for hydroxylation is 1. The van der Waals surface area contributed by atoms with Crippen LogP contribution in [-0.4, -0.2) is 32.1 Å². The molecular weight excluding hydrogens is 488 g/mol. The van der Waals surface area contributed by atoms with Crippen molar-refractivity contribution in [2.75, 3.05) is 30.4 Å². The number of para-hydroxylation sites is 1. The number of esters is 2. The lowest BCUT2D eigenvalue weighted by atomic mass is 9.88. The normalized spacial score (nSPS) is 15.8. The third-order valence-corrected chi connectivity index (χ3v) is 7.35. The lowest BCUT2D eigenvalue weighted by Gasteiger charge is -2.34. The van der Waals surface area contributed by atoms with E-state index in [1.165, 1.54) is 7.11 Å². The molecule has 0 aromatic heterocycles.